The summed E-state index contributed by atoms with van der Waals surface area (Å²) in [5.74, 6) is 0.228. The maximum atomic E-state index is 13.1. The van der Waals surface area contributed by atoms with Gasteiger partial charge in [0.2, 0.25) is 5.91 Å². The standard InChI is InChI=1S/C19H25N3O2/c1-20(2)19(24)22-10-5-8-15-17(22)12-16-14-7-4-3-6-13(14)9-11-21(16)18(15)23/h3-4,6-7,15-17H,5,8-12H2,1-2H3/t15-,16-,17-/m0/s1. The molecule has 3 atom stereocenters. The van der Waals surface area contributed by atoms with Crippen LogP contribution in [0.25, 0.3) is 0 Å². The fourth-order valence-electron chi connectivity index (χ4n) is 4.74. The zero-order chi connectivity index (χ0) is 16.8. The first kappa shape index (κ1) is 15.5. The summed E-state index contributed by atoms with van der Waals surface area (Å²) in [4.78, 5) is 31.4. The Hall–Kier alpha value is -2.04. The molecular formula is C19H25N3O2. The molecule has 128 valence electrons. The van der Waals surface area contributed by atoms with Crippen molar-refractivity contribution in [2.24, 2.45) is 5.92 Å². The van der Waals surface area contributed by atoms with Gasteiger partial charge in [-0.3, -0.25) is 4.79 Å². The van der Waals surface area contributed by atoms with Crippen molar-refractivity contribution in [1.29, 1.82) is 0 Å². The molecule has 3 amide bonds. The Labute approximate surface area is 143 Å². The van der Waals surface area contributed by atoms with E-state index < -0.39 is 0 Å². The van der Waals surface area contributed by atoms with Crippen LogP contribution in [-0.4, -0.2) is 59.9 Å². The van der Waals surface area contributed by atoms with E-state index in [1.165, 1.54) is 11.1 Å². The van der Waals surface area contributed by atoms with Crippen molar-refractivity contribution < 1.29 is 9.59 Å². The Bertz CT molecular complexity index is 672. The molecule has 0 spiro atoms. The number of carbonyl (C=O) groups excluding carboxylic acids is 2. The summed E-state index contributed by atoms with van der Waals surface area (Å²) in [7, 11) is 3.58. The number of carbonyl (C=O) groups is 2. The summed E-state index contributed by atoms with van der Waals surface area (Å²) in [6.07, 6.45) is 3.64. The molecule has 24 heavy (non-hydrogen) atoms. The molecule has 2 fully saturated rings. The van der Waals surface area contributed by atoms with E-state index in [4.69, 9.17) is 0 Å². The van der Waals surface area contributed by atoms with Crippen LogP contribution in [0, 0.1) is 5.92 Å². The van der Waals surface area contributed by atoms with E-state index in [1.807, 2.05) is 4.90 Å². The molecule has 1 aromatic rings. The molecule has 4 rings (SSSR count). The number of benzene rings is 1. The van der Waals surface area contributed by atoms with E-state index in [9.17, 15) is 9.59 Å². The van der Waals surface area contributed by atoms with E-state index in [0.717, 1.165) is 38.8 Å². The molecule has 5 nitrogen and oxygen atoms in total. The minimum absolute atomic E-state index is 0.0239. The van der Waals surface area contributed by atoms with Gasteiger partial charge in [0.1, 0.15) is 0 Å². The monoisotopic (exact) mass is 327 g/mol. The van der Waals surface area contributed by atoms with E-state index >= 15 is 0 Å². The molecule has 3 aliphatic rings. The van der Waals surface area contributed by atoms with Crippen molar-refractivity contribution in [3.05, 3.63) is 35.4 Å². The van der Waals surface area contributed by atoms with Gasteiger partial charge in [-0.1, -0.05) is 24.3 Å². The number of urea groups is 1. The molecule has 1 aromatic carbocycles. The summed E-state index contributed by atoms with van der Waals surface area (Å²) < 4.78 is 0. The van der Waals surface area contributed by atoms with E-state index in [2.05, 4.69) is 29.2 Å². The van der Waals surface area contributed by atoms with E-state index in [0.29, 0.717) is 0 Å². The van der Waals surface area contributed by atoms with Crippen LogP contribution in [0.4, 0.5) is 4.79 Å². The lowest BCUT2D eigenvalue weighted by atomic mass is 9.76. The van der Waals surface area contributed by atoms with Crippen molar-refractivity contribution in [1.82, 2.24) is 14.7 Å². The zero-order valence-electron chi connectivity index (χ0n) is 14.4. The second-order valence-electron chi connectivity index (χ2n) is 7.42. The number of rotatable bonds is 0. The minimum Gasteiger partial charge on any atom is -0.335 e. The first-order valence-electron chi connectivity index (χ1n) is 8.94. The molecule has 3 heterocycles. The Balaban J connectivity index is 1.69. The Morgan fingerprint density at radius 1 is 1.21 bits per heavy atom. The van der Waals surface area contributed by atoms with Crippen LogP contribution in [0.5, 0.6) is 0 Å². The molecule has 3 aliphatic heterocycles. The van der Waals surface area contributed by atoms with Gasteiger partial charge in [0.05, 0.1) is 12.0 Å². The first-order valence-corrected chi connectivity index (χ1v) is 8.94. The van der Waals surface area contributed by atoms with Crippen LogP contribution < -0.4 is 0 Å². The highest BCUT2D eigenvalue weighted by Gasteiger charge is 2.48. The third kappa shape index (κ3) is 2.29. The quantitative estimate of drug-likeness (QED) is 0.734. The Morgan fingerprint density at radius 2 is 2.00 bits per heavy atom. The van der Waals surface area contributed by atoms with Crippen molar-refractivity contribution in [2.75, 3.05) is 27.2 Å². The number of hydrogen-bond donors (Lipinski definition) is 0. The van der Waals surface area contributed by atoms with Gasteiger partial charge in [0, 0.05) is 33.2 Å². The normalized spacial score (nSPS) is 28.8. The van der Waals surface area contributed by atoms with Crippen LogP contribution >= 0.6 is 0 Å². The molecule has 5 heteroatoms. The molecule has 0 bridgehead atoms. The molecule has 0 unspecified atom stereocenters. The SMILES string of the molecule is CN(C)C(=O)N1CCC[C@@H]2C(=O)N3CCc4ccccc4[C@@H]3C[C@@H]21. The van der Waals surface area contributed by atoms with Crippen LogP contribution in [0.2, 0.25) is 0 Å². The van der Waals surface area contributed by atoms with E-state index in [-0.39, 0.29) is 29.9 Å². The van der Waals surface area contributed by atoms with Gasteiger partial charge < -0.3 is 14.7 Å². The fourth-order valence-corrected chi connectivity index (χ4v) is 4.74. The maximum Gasteiger partial charge on any atom is 0.319 e. The lowest BCUT2D eigenvalue weighted by Crippen LogP contribution is -2.61. The number of likely N-dealkylation sites (tertiary alicyclic amines) is 1. The lowest BCUT2D eigenvalue weighted by molar-refractivity contribution is -0.148. The number of fused-ring (bicyclic) bond motifs is 4. The second-order valence-corrected chi connectivity index (χ2v) is 7.42. The highest BCUT2D eigenvalue weighted by Crippen LogP contribution is 2.43. The smallest absolute Gasteiger partial charge is 0.319 e. The maximum absolute atomic E-state index is 13.1. The fraction of sp³-hybridized carbons (Fsp3) is 0.579. The van der Waals surface area contributed by atoms with Gasteiger partial charge in [0.15, 0.2) is 0 Å². The Morgan fingerprint density at radius 3 is 2.79 bits per heavy atom. The minimum atomic E-state index is -0.0239. The number of nitrogens with zero attached hydrogens (tertiary/aromatic N) is 3. The van der Waals surface area contributed by atoms with Crippen molar-refractivity contribution in [3.63, 3.8) is 0 Å². The number of amides is 3. The van der Waals surface area contributed by atoms with Gasteiger partial charge in [-0.2, -0.15) is 0 Å². The second kappa shape index (κ2) is 5.80. The van der Waals surface area contributed by atoms with Gasteiger partial charge in [0.25, 0.3) is 0 Å². The largest absolute Gasteiger partial charge is 0.335 e. The first-order chi connectivity index (χ1) is 11.6. The van der Waals surface area contributed by atoms with Crippen molar-refractivity contribution in [2.45, 2.75) is 37.8 Å². The molecular weight excluding hydrogens is 302 g/mol. The van der Waals surface area contributed by atoms with Crippen LogP contribution in [0.15, 0.2) is 24.3 Å². The molecule has 0 N–H and O–H groups in total. The van der Waals surface area contributed by atoms with Gasteiger partial charge in [-0.25, -0.2) is 4.79 Å². The van der Waals surface area contributed by atoms with Crippen molar-refractivity contribution in [3.8, 4) is 0 Å². The average molecular weight is 327 g/mol. The predicted molar refractivity (Wildman–Crippen MR) is 91.5 cm³/mol. The summed E-state index contributed by atoms with van der Waals surface area (Å²) in [5.41, 5.74) is 2.63. The van der Waals surface area contributed by atoms with Crippen molar-refractivity contribution >= 4 is 11.9 Å². The van der Waals surface area contributed by atoms with Gasteiger partial charge in [-0.05, 0) is 36.8 Å². The molecule has 0 saturated carbocycles. The zero-order valence-corrected chi connectivity index (χ0v) is 14.4. The van der Waals surface area contributed by atoms with Crippen LogP contribution in [0.3, 0.4) is 0 Å². The molecule has 0 aliphatic carbocycles. The molecule has 0 aromatic heterocycles. The predicted octanol–water partition coefficient (Wildman–Crippen LogP) is 2.28. The summed E-state index contributed by atoms with van der Waals surface area (Å²) >= 11 is 0. The third-order valence-corrected chi connectivity index (χ3v) is 5.88. The molecule has 2 saturated heterocycles. The number of piperidine rings is 2. The summed E-state index contributed by atoms with van der Waals surface area (Å²) in [6.45, 7) is 1.57. The van der Waals surface area contributed by atoms with Crippen LogP contribution in [-0.2, 0) is 11.2 Å². The highest BCUT2D eigenvalue weighted by molar-refractivity contribution is 5.83. The summed E-state index contributed by atoms with van der Waals surface area (Å²) in [5, 5.41) is 0. The number of hydrogen-bond acceptors (Lipinski definition) is 2. The van der Waals surface area contributed by atoms with E-state index in [1.54, 1.807) is 19.0 Å². The average Bonchev–Trinajstić information content (AvgIpc) is 2.60. The Kier molecular flexibility index (Phi) is 3.74. The topological polar surface area (TPSA) is 43.9 Å². The third-order valence-electron chi connectivity index (χ3n) is 5.88. The van der Waals surface area contributed by atoms with Crippen LogP contribution in [0.1, 0.15) is 36.4 Å². The van der Waals surface area contributed by atoms with Gasteiger partial charge >= 0.3 is 6.03 Å². The highest BCUT2D eigenvalue weighted by atomic mass is 16.2. The summed E-state index contributed by atoms with van der Waals surface area (Å²) in [6, 6.07) is 8.66. The molecule has 0 radical (unpaired) electrons. The van der Waals surface area contributed by atoms with Gasteiger partial charge in [-0.15, -0.1) is 0 Å². The lowest BCUT2D eigenvalue weighted by Gasteiger charge is -2.51.